The summed E-state index contributed by atoms with van der Waals surface area (Å²) in [6.07, 6.45) is 0.994. The molecular formula is C10H15O3P. The molecule has 2 N–H and O–H groups in total. The van der Waals surface area contributed by atoms with Gasteiger partial charge in [-0.15, -0.1) is 0 Å². The zero-order valence-corrected chi connectivity index (χ0v) is 9.10. The number of benzene rings is 1. The van der Waals surface area contributed by atoms with E-state index in [1.807, 2.05) is 6.92 Å². The predicted molar refractivity (Wildman–Crippen MR) is 57.3 cm³/mol. The van der Waals surface area contributed by atoms with E-state index in [-0.39, 0.29) is 6.10 Å². The van der Waals surface area contributed by atoms with E-state index in [1.54, 1.807) is 24.3 Å². The van der Waals surface area contributed by atoms with E-state index in [1.165, 1.54) is 0 Å². The summed E-state index contributed by atoms with van der Waals surface area (Å²) in [5, 5.41) is 9.85. The second kappa shape index (κ2) is 5.30. The summed E-state index contributed by atoms with van der Waals surface area (Å²) in [5.74, 6) is 0. The van der Waals surface area contributed by atoms with Gasteiger partial charge in [0.2, 0.25) is 8.03 Å². The van der Waals surface area contributed by atoms with E-state index in [9.17, 15) is 9.67 Å². The molecule has 0 saturated heterocycles. The minimum absolute atomic E-state index is 0.327. The Labute approximate surface area is 84.3 Å². The first-order valence-electron chi connectivity index (χ1n) is 4.63. The van der Waals surface area contributed by atoms with Crippen LogP contribution in [0.15, 0.2) is 24.3 Å². The van der Waals surface area contributed by atoms with Crippen molar-refractivity contribution >= 4 is 13.3 Å². The first-order chi connectivity index (χ1) is 6.63. The molecule has 14 heavy (non-hydrogen) atoms. The molecule has 2 unspecified atom stereocenters. The summed E-state index contributed by atoms with van der Waals surface area (Å²) in [4.78, 5) is 8.84. The monoisotopic (exact) mass is 214 g/mol. The molecule has 0 fully saturated rings. The molecular weight excluding hydrogens is 199 g/mol. The van der Waals surface area contributed by atoms with Crippen molar-refractivity contribution in [2.45, 2.75) is 25.9 Å². The quantitative estimate of drug-likeness (QED) is 0.738. The molecule has 0 aliphatic heterocycles. The molecule has 0 aliphatic carbocycles. The van der Waals surface area contributed by atoms with Gasteiger partial charge in [-0.3, -0.25) is 4.57 Å². The average Bonchev–Trinajstić information content (AvgIpc) is 2.18. The van der Waals surface area contributed by atoms with E-state index < -0.39 is 8.03 Å². The fourth-order valence-corrected chi connectivity index (χ4v) is 1.65. The van der Waals surface area contributed by atoms with Crippen molar-refractivity contribution in [3.8, 4) is 0 Å². The largest absolute Gasteiger partial charge is 0.393 e. The Morgan fingerprint density at radius 3 is 2.36 bits per heavy atom. The molecule has 0 aromatic heterocycles. The Bertz CT molecular complexity index is 308. The van der Waals surface area contributed by atoms with Crippen molar-refractivity contribution < 1.29 is 14.6 Å². The van der Waals surface area contributed by atoms with Crippen LogP contribution in [-0.2, 0) is 11.0 Å². The summed E-state index contributed by atoms with van der Waals surface area (Å²) < 4.78 is 10.7. The SMILES string of the molecule is CCC(O)Cc1ccc([PH](=O)O)cc1. The molecule has 3 nitrogen and oxygen atoms in total. The van der Waals surface area contributed by atoms with Gasteiger partial charge in [-0.25, -0.2) is 0 Å². The maximum Gasteiger partial charge on any atom is 0.218 e. The fourth-order valence-electron chi connectivity index (χ4n) is 1.20. The van der Waals surface area contributed by atoms with Gasteiger partial charge in [0, 0.05) is 5.30 Å². The van der Waals surface area contributed by atoms with Crippen LogP contribution in [0.3, 0.4) is 0 Å². The lowest BCUT2D eigenvalue weighted by atomic mass is 10.1. The zero-order chi connectivity index (χ0) is 10.6. The van der Waals surface area contributed by atoms with Crippen molar-refractivity contribution in [1.82, 2.24) is 0 Å². The second-order valence-corrected chi connectivity index (χ2v) is 4.46. The van der Waals surface area contributed by atoms with Crippen LogP contribution in [0.4, 0.5) is 0 Å². The van der Waals surface area contributed by atoms with Crippen molar-refractivity contribution in [3.63, 3.8) is 0 Å². The lowest BCUT2D eigenvalue weighted by molar-refractivity contribution is 0.171. The number of aliphatic hydroxyl groups excluding tert-OH is 1. The smallest absolute Gasteiger partial charge is 0.218 e. The van der Waals surface area contributed by atoms with Gasteiger partial charge < -0.3 is 10.00 Å². The molecule has 78 valence electrons. The molecule has 0 heterocycles. The number of rotatable bonds is 4. The Morgan fingerprint density at radius 2 is 1.93 bits per heavy atom. The number of hydrogen-bond donors (Lipinski definition) is 2. The zero-order valence-electron chi connectivity index (χ0n) is 8.10. The highest BCUT2D eigenvalue weighted by molar-refractivity contribution is 7.47. The average molecular weight is 214 g/mol. The van der Waals surface area contributed by atoms with E-state index in [4.69, 9.17) is 4.89 Å². The lowest BCUT2D eigenvalue weighted by Gasteiger charge is -2.07. The first kappa shape index (κ1) is 11.4. The van der Waals surface area contributed by atoms with Crippen LogP contribution in [0.1, 0.15) is 18.9 Å². The predicted octanol–water partition coefficient (Wildman–Crippen LogP) is 1.09. The molecule has 2 atom stereocenters. The second-order valence-electron chi connectivity index (χ2n) is 3.27. The van der Waals surface area contributed by atoms with Crippen molar-refractivity contribution in [2.24, 2.45) is 0 Å². The van der Waals surface area contributed by atoms with Crippen LogP contribution in [0.25, 0.3) is 0 Å². The third kappa shape index (κ3) is 3.26. The van der Waals surface area contributed by atoms with Crippen molar-refractivity contribution in [2.75, 3.05) is 0 Å². The number of hydrogen-bond acceptors (Lipinski definition) is 2. The highest BCUT2D eigenvalue weighted by Crippen LogP contribution is 2.13. The minimum Gasteiger partial charge on any atom is -0.393 e. The molecule has 1 rings (SSSR count). The summed E-state index contributed by atoms with van der Waals surface area (Å²) in [6, 6.07) is 6.85. The van der Waals surface area contributed by atoms with E-state index in [0.717, 1.165) is 12.0 Å². The Morgan fingerprint density at radius 1 is 1.36 bits per heavy atom. The van der Waals surface area contributed by atoms with Gasteiger partial charge in [0.05, 0.1) is 6.10 Å². The van der Waals surface area contributed by atoms with Crippen LogP contribution >= 0.6 is 8.03 Å². The van der Waals surface area contributed by atoms with Gasteiger partial charge in [-0.1, -0.05) is 19.1 Å². The van der Waals surface area contributed by atoms with Gasteiger partial charge in [-0.2, -0.15) is 0 Å². The molecule has 0 amide bonds. The molecule has 0 spiro atoms. The topological polar surface area (TPSA) is 57.5 Å². The highest BCUT2D eigenvalue weighted by atomic mass is 31.1. The minimum atomic E-state index is -2.57. The maximum absolute atomic E-state index is 10.7. The molecule has 0 aliphatic rings. The van der Waals surface area contributed by atoms with Crippen molar-refractivity contribution in [1.29, 1.82) is 0 Å². The van der Waals surface area contributed by atoms with E-state index in [2.05, 4.69) is 0 Å². The van der Waals surface area contributed by atoms with Crippen molar-refractivity contribution in [3.05, 3.63) is 29.8 Å². The highest BCUT2D eigenvalue weighted by Gasteiger charge is 2.03. The normalized spacial score (nSPS) is 15.1. The van der Waals surface area contributed by atoms with Gasteiger partial charge >= 0.3 is 0 Å². The maximum atomic E-state index is 10.7. The van der Waals surface area contributed by atoms with Crippen LogP contribution in [0.2, 0.25) is 0 Å². The third-order valence-corrected chi connectivity index (χ3v) is 2.97. The molecule has 0 saturated carbocycles. The van der Waals surface area contributed by atoms with Gasteiger partial charge in [0.25, 0.3) is 0 Å². The Balaban J connectivity index is 2.68. The van der Waals surface area contributed by atoms with Crippen LogP contribution < -0.4 is 5.30 Å². The lowest BCUT2D eigenvalue weighted by Crippen LogP contribution is -2.09. The van der Waals surface area contributed by atoms with Gasteiger partial charge in [0.1, 0.15) is 0 Å². The van der Waals surface area contributed by atoms with Gasteiger partial charge in [0.15, 0.2) is 0 Å². The van der Waals surface area contributed by atoms with E-state index >= 15 is 0 Å². The standard InChI is InChI=1S/C10H15O3P/c1-2-9(11)7-8-3-5-10(6-4-8)14(12)13/h3-6,9,11,14H,2,7H2,1H3,(H,12,13). The number of aliphatic hydroxyl groups is 1. The molecule has 4 heteroatoms. The Kier molecular flexibility index (Phi) is 4.33. The summed E-state index contributed by atoms with van der Waals surface area (Å²) in [7, 11) is -2.57. The summed E-state index contributed by atoms with van der Waals surface area (Å²) in [6.45, 7) is 1.92. The fraction of sp³-hybridized carbons (Fsp3) is 0.400. The van der Waals surface area contributed by atoms with Gasteiger partial charge in [-0.05, 0) is 30.5 Å². The first-order valence-corrected chi connectivity index (χ1v) is 5.99. The Hall–Kier alpha value is -0.630. The van der Waals surface area contributed by atoms with Crippen LogP contribution in [-0.4, -0.2) is 16.1 Å². The summed E-state index contributed by atoms with van der Waals surface area (Å²) >= 11 is 0. The van der Waals surface area contributed by atoms with Crippen LogP contribution in [0, 0.1) is 0 Å². The summed E-state index contributed by atoms with van der Waals surface area (Å²) in [5.41, 5.74) is 0.992. The van der Waals surface area contributed by atoms with E-state index in [0.29, 0.717) is 11.7 Å². The molecule has 0 radical (unpaired) electrons. The molecule has 0 bridgehead atoms. The molecule has 1 aromatic rings. The third-order valence-electron chi connectivity index (χ3n) is 2.14. The molecule has 1 aromatic carbocycles. The van der Waals surface area contributed by atoms with Crippen LogP contribution in [0.5, 0.6) is 0 Å².